The second-order valence-corrected chi connectivity index (χ2v) is 6.12. The summed E-state index contributed by atoms with van der Waals surface area (Å²) in [6, 6.07) is 0. The lowest BCUT2D eigenvalue weighted by Gasteiger charge is -2.19. The number of nitrogens with zero attached hydrogens (tertiary/aromatic N) is 1. The summed E-state index contributed by atoms with van der Waals surface area (Å²) in [7, 11) is -2.97. The van der Waals surface area contributed by atoms with Crippen molar-refractivity contribution in [2.24, 2.45) is 0 Å². The van der Waals surface area contributed by atoms with Gasteiger partial charge in [-0.25, -0.2) is 8.42 Å². The minimum Gasteiger partial charge on any atom is -0.316 e. The van der Waals surface area contributed by atoms with Gasteiger partial charge in [-0.3, -0.25) is 4.31 Å². The van der Waals surface area contributed by atoms with Crippen molar-refractivity contribution in [3.8, 4) is 0 Å². The lowest BCUT2D eigenvalue weighted by Crippen LogP contribution is -2.15. The van der Waals surface area contributed by atoms with Crippen molar-refractivity contribution in [2.45, 2.75) is 0 Å². The van der Waals surface area contributed by atoms with E-state index in [0.29, 0.717) is 0 Å². The smallest absolute Gasteiger partial charge is 0.151 e. The third kappa shape index (κ3) is 1.96. The maximum Gasteiger partial charge on any atom is 0.151 e. The maximum absolute atomic E-state index is 11.2. The lowest BCUT2D eigenvalue weighted by atomic mass is 10.2. The molecule has 0 saturated heterocycles. The molecule has 0 radical (unpaired) electrons. The molecule has 0 aromatic rings. The second-order valence-electron chi connectivity index (χ2n) is 3.17. The first-order chi connectivity index (χ1) is 6.56. The van der Waals surface area contributed by atoms with Crippen molar-refractivity contribution >= 4 is 22.0 Å². The molecule has 0 saturated carbocycles. The fourth-order valence-electron chi connectivity index (χ4n) is 1.32. The molecule has 14 heavy (non-hydrogen) atoms. The first-order valence-corrected chi connectivity index (χ1v) is 6.87. The molecule has 2 aliphatic heterocycles. The summed E-state index contributed by atoms with van der Waals surface area (Å²) in [4.78, 5) is 0. The largest absolute Gasteiger partial charge is 0.316 e. The topological polar surface area (TPSA) is 49.4 Å². The van der Waals surface area contributed by atoms with Gasteiger partial charge in [0.2, 0.25) is 0 Å². The number of allylic oxidation sites excluding steroid dienone is 3. The zero-order chi connectivity index (χ0) is 10.2. The summed E-state index contributed by atoms with van der Waals surface area (Å²) in [5, 5.41) is 0. The molecule has 1 N–H and O–H groups in total. The molecule has 4 nitrogen and oxygen atoms in total. The van der Waals surface area contributed by atoms with E-state index in [4.69, 9.17) is 0 Å². The van der Waals surface area contributed by atoms with Gasteiger partial charge in [0.15, 0.2) is 9.84 Å². The van der Waals surface area contributed by atoms with Gasteiger partial charge in [-0.2, -0.15) is 0 Å². The molecule has 0 spiro atoms. The molecular weight excluding hydrogens is 220 g/mol. The molecule has 0 bridgehead atoms. The average Bonchev–Trinajstić information content (AvgIpc) is 2.49. The van der Waals surface area contributed by atoms with Crippen LogP contribution in [0.15, 0.2) is 35.8 Å². The predicted molar refractivity (Wildman–Crippen MR) is 57.6 cm³/mol. The van der Waals surface area contributed by atoms with Crippen LogP contribution in [0.1, 0.15) is 0 Å². The van der Waals surface area contributed by atoms with Gasteiger partial charge in [0.05, 0.1) is 23.6 Å². The average molecular weight is 230 g/mol. The van der Waals surface area contributed by atoms with Gasteiger partial charge in [-0.05, 0) is 11.6 Å². The minimum absolute atomic E-state index is 0.0852. The molecule has 0 amide bonds. The van der Waals surface area contributed by atoms with Crippen LogP contribution >= 0.6 is 12.1 Å². The standard InChI is InChI=1S/C8H10N2O2S2/c1-14(11,12)6-7-3-2-4-10-8(7)5-9-13-10/h2-5,9H,6H2,1H3. The number of hydrogen-bond donors (Lipinski definition) is 1. The number of rotatable bonds is 2. The quantitative estimate of drug-likeness (QED) is 0.711. The third-order valence-electron chi connectivity index (χ3n) is 1.85. The summed E-state index contributed by atoms with van der Waals surface area (Å²) in [5.41, 5.74) is 1.75. The molecule has 2 aliphatic rings. The fourth-order valence-corrected chi connectivity index (χ4v) is 2.81. The molecule has 76 valence electrons. The Bertz CT molecular complexity index is 434. The van der Waals surface area contributed by atoms with Crippen molar-refractivity contribution in [1.29, 1.82) is 0 Å². The summed E-state index contributed by atoms with van der Waals surface area (Å²) >= 11 is 1.42. The molecule has 6 heteroatoms. The first-order valence-electron chi connectivity index (χ1n) is 4.04. The number of fused-ring (bicyclic) bond motifs is 1. The van der Waals surface area contributed by atoms with Gasteiger partial charge < -0.3 is 4.72 Å². The van der Waals surface area contributed by atoms with Crippen molar-refractivity contribution in [2.75, 3.05) is 12.0 Å². The van der Waals surface area contributed by atoms with Crippen LogP contribution in [0.2, 0.25) is 0 Å². The van der Waals surface area contributed by atoms with E-state index in [1.165, 1.54) is 18.4 Å². The van der Waals surface area contributed by atoms with Crippen LogP contribution in [0, 0.1) is 0 Å². The molecule has 2 heterocycles. The highest BCUT2D eigenvalue weighted by molar-refractivity contribution is 7.95. The van der Waals surface area contributed by atoms with Crippen molar-refractivity contribution in [3.63, 3.8) is 0 Å². The van der Waals surface area contributed by atoms with Gasteiger partial charge in [0.25, 0.3) is 0 Å². The van der Waals surface area contributed by atoms with Gasteiger partial charge in [-0.15, -0.1) is 0 Å². The van der Waals surface area contributed by atoms with Crippen LogP contribution in [0.25, 0.3) is 0 Å². The van der Waals surface area contributed by atoms with E-state index in [1.54, 1.807) is 0 Å². The molecule has 0 fully saturated rings. The number of sulfone groups is 1. The Balaban J connectivity index is 2.27. The molecular formula is C8H10N2O2S2. The van der Waals surface area contributed by atoms with Crippen LogP contribution in [-0.4, -0.2) is 24.7 Å². The van der Waals surface area contributed by atoms with E-state index in [1.807, 2.05) is 28.9 Å². The summed E-state index contributed by atoms with van der Waals surface area (Å²) in [5.74, 6) is 0.0852. The molecule has 0 unspecified atom stereocenters. The normalized spacial score (nSPS) is 19.9. The second kappa shape index (κ2) is 3.36. The summed E-state index contributed by atoms with van der Waals surface area (Å²) in [6.45, 7) is 0. The van der Waals surface area contributed by atoms with E-state index >= 15 is 0 Å². The summed E-state index contributed by atoms with van der Waals surface area (Å²) < 4.78 is 27.2. The van der Waals surface area contributed by atoms with Gasteiger partial charge in [0.1, 0.15) is 0 Å². The van der Waals surface area contributed by atoms with E-state index in [0.717, 1.165) is 11.3 Å². The Morgan fingerprint density at radius 2 is 2.36 bits per heavy atom. The number of nitrogens with one attached hydrogen (secondary N) is 1. The monoisotopic (exact) mass is 230 g/mol. The van der Waals surface area contributed by atoms with E-state index < -0.39 is 9.84 Å². The summed E-state index contributed by atoms with van der Waals surface area (Å²) in [6.07, 6.45) is 8.62. The highest BCUT2D eigenvalue weighted by Crippen LogP contribution is 2.30. The van der Waals surface area contributed by atoms with Crippen molar-refractivity contribution in [1.82, 2.24) is 9.03 Å². The van der Waals surface area contributed by atoms with E-state index in [2.05, 4.69) is 4.72 Å². The molecule has 0 aliphatic carbocycles. The highest BCUT2D eigenvalue weighted by atomic mass is 32.2. The lowest BCUT2D eigenvalue weighted by molar-refractivity contribution is 0.603. The molecule has 2 rings (SSSR count). The van der Waals surface area contributed by atoms with E-state index in [-0.39, 0.29) is 5.75 Å². The Labute approximate surface area is 87.5 Å². The van der Waals surface area contributed by atoms with Crippen LogP contribution in [-0.2, 0) is 9.84 Å². The Morgan fingerprint density at radius 1 is 1.57 bits per heavy atom. The Kier molecular flexibility index (Phi) is 2.32. The van der Waals surface area contributed by atoms with Crippen LogP contribution in [0.4, 0.5) is 0 Å². The van der Waals surface area contributed by atoms with Gasteiger partial charge in [0, 0.05) is 18.7 Å². The molecule has 0 atom stereocenters. The minimum atomic E-state index is -2.97. The van der Waals surface area contributed by atoms with Gasteiger partial charge >= 0.3 is 0 Å². The van der Waals surface area contributed by atoms with Crippen molar-refractivity contribution < 1.29 is 8.42 Å². The zero-order valence-electron chi connectivity index (χ0n) is 7.60. The first kappa shape index (κ1) is 9.67. The maximum atomic E-state index is 11.2. The fraction of sp³-hybridized carbons (Fsp3) is 0.250. The van der Waals surface area contributed by atoms with Crippen LogP contribution in [0.3, 0.4) is 0 Å². The van der Waals surface area contributed by atoms with E-state index in [9.17, 15) is 8.42 Å². The SMILES string of the molecule is CS(=O)(=O)CC1=CC=CN2SNC=C12. The Morgan fingerprint density at radius 3 is 3.07 bits per heavy atom. The molecule has 0 aromatic heterocycles. The van der Waals surface area contributed by atoms with Crippen molar-refractivity contribution in [3.05, 3.63) is 35.8 Å². The molecule has 0 aromatic carbocycles. The van der Waals surface area contributed by atoms with Gasteiger partial charge in [-0.1, -0.05) is 6.08 Å². The Hall–Kier alpha value is -0.880. The van der Waals surface area contributed by atoms with Crippen LogP contribution < -0.4 is 4.72 Å². The highest BCUT2D eigenvalue weighted by Gasteiger charge is 2.22. The third-order valence-corrected chi connectivity index (χ3v) is 3.42. The zero-order valence-corrected chi connectivity index (χ0v) is 9.23. The van der Waals surface area contributed by atoms with Crippen LogP contribution in [0.5, 0.6) is 0 Å². The predicted octanol–water partition coefficient (Wildman–Crippen LogP) is 0.795. The number of hydrogen-bond acceptors (Lipinski definition) is 5.